The summed E-state index contributed by atoms with van der Waals surface area (Å²) in [6.07, 6.45) is 2.25. The Balaban J connectivity index is 2.22. The summed E-state index contributed by atoms with van der Waals surface area (Å²) in [4.78, 5) is 0.333. The lowest BCUT2D eigenvalue weighted by molar-refractivity contribution is 0.538. The predicted octanol–water partition coefficient (Wildman–Crippen LogP) is 2.20. The molecule has 1 fully saturated rings. The van der Waals surface area contributed by atoms with Crippen molar-refractivity contribution in [3.05, 3.63) is 24.3 Å². The van der Waals surface area contributed by atoms with Crippen molar-refractivity contribution in [3.8, 4) is 0 Å². The van der Waals surface area contributed by atoms with Gasteiger partial charge in [-0.2, -0.15) is 0 Å². The quantitative estimate of drug-likeness (QED) is 0.831. The summed E-state index contributed by atoms with van der Waals surface area (Å²) in [5.41, 5.74) is 0.662. The minimum atomic E-state index is -3.43. The third kappa shape index (κ3) is 3.03. The normalized spacial score (nSPS) is 17.4. The van der Waals surface area contributed by atoms with E-state index in [9.17, 15) is 8.42 Å². The fourth-order valence-electron chi connectivity index (χ4n) is 2.04. The highest BCUT2D eigenvalue weighted by molar-refractivity contribution is 7.89. The zero-order chi connectivity index (χ0) is 13.2. The molecule has 2 N–H and O–H groups in total. The molecule has 0 saturated heterocycles. The topological polar surface area (TPSA) is 58.2 Å². The first-order chi connectivity index (χ1) is 8.54. The lowest BCUT2D eigenvalue weighted by Gasteiger charge is -2.16. The molecule has 1 aliphatic carbocycles. The number of rotatable bonds is 6. The number of hydrogen-bond donors (Lipinski definition) is 2. The zero-order valence-electron chi connectivity index (χ0n) is 10.8. The maximum absolute atomic E-state index is 12.3. The molecule has 1 unspecified atom stereocenters. The van der Waals surface area contributed by atoms with Crippen LogP contribution >= 0.6 is 0 Å². The Bertz CT molecular complexity index is 509. The Hall–Kier alpha value is -1.07. The van der Waals surface area contributed by atoms with Gasteiger partial charge in [-0.3, -0.25) is 0 Å². The van der Waals surface area contributed by atoms with Crippen LogP contribution in [0.3, 0.4) is 0 Å². The fraction of sp³-hybridized carbons (Fsp3) is 0.538. The molecule has 1 aliphatic rings. The van der Waals surface area contributed by atoms with E-state index in [4.69, 9.17) is 0 Å². The van der Waals surface area contributed by atoms with Gasteiger partial charge in [0.1, 0.15) is 4.90 Å². The minimum absolute atomic E-state index is 0.0182. The monoisotopic (exact) mass is 268 g/mol. The van der Waals surface area contributed by atoms with Crippen molar-refractivity contribution in [2.45, 2.75) is 37.6 Å². The van der Waals surface area contributed by atoms with Crippen LogP contribution in [-0.2, 0) is 10.0 Å². The third-order valence-electron chi connectivity index (χ3n) is 3.21. The molecule has 0 radical (unpaired) electrons. The van der Waals surface area contributed by atoms with Gasteiger partial charge in [-0.25, -0.2) is 13.1 Å². The molecule has 0 bridgehead atoms. The summed E-state index contributed by atoms with van der Waals surface area (Å²) in [7, 11) is -3.43. The van der Waals surface area contributed by atoms with Crippen LogP contribution in [0.25, 0.3) is 0 Å². The Labute approximate surface area is 109 Å². The summed E-state index contributed by atoms with van der Waals surface area (Å²) >= 11 is 0. The summed E-state index contributed by atoms with van der Waals surface area (Å²) in [6.45, 7) is 4.58. The average molecular weight is 268 g/mol. The molecule has 0 aromatic heterocycles. The van der Waals surface area contributed by atoms with Crippen LogP contribution in [0.1, 0.15) is 26.7 Å². The zero-order valence-corrected chi connectivity index (χ0v) is 11.6. The van der Waals surface area contributed by atoms with Gasteiger partial charge in [0.25, 0.3) is 0 Å². The van der Waals surface area contributed by atoms with E-state index in [0.717, 1.165) is 12.8 Å². The second kappa shape index (κ2) is 5.28. The second-order valence-electron chi connectivity index (χ2n) is 4.77. The number of sulfonamides is 1. The van der Waals surface area contributed by atoms with Gasteiger partial charge in [-0.15, -0.1) is 0 Å². The number of para-hydroxylation sites is 1. The summed E-state index contributed by atoms with van der Waals surface area (Å²) < 4.78 is 27.4. The van der Waals surface area contributed by atoms with E-state index in [1.165, 1.54) is 0 Å². The molecule has 1 aromatic carbocycles. The first-order valence-corrected chi connectivity index (χ1v) is 7.88. The molecule has 5 heteroatoms. The molecule has 1 atom stereocenters. The standard InChI is InChI=1S/C13H20N2O2S/c1-3-14-12-6-4-5-7-13(12)18(16,17)15-10(2)11-8-9-11/h4-7,10-11,14-15H,3,8-9H2,1-2H3. The van der Waals surface area contributed by atoms with Gasteiger partial charge in [0.15, 0.2) is 0 Å². The molecule has 0 aliphatic heterocycles. The van der Waals surface area contributed by atoms with Gasteiger partial charge in [0, 0.05) is 12.6 Å². The Morgan fingerprint density at radius 3 is 2.61 bits per heavy atom. The molecule has 0 spiro atoms. The fourth-order valence-corrected chi connectivity index (χ4v) is 3.53. The lowest BCUT2D eigenvalue weighted by Crippen LogP contribution is -2.34. The van der Waals surface area contributed by atoms with Gasteiger partial charge in [0.05, 0.1) is 5.69 Å². The summed E-state index contributed by atoms with van der Waals surface area (Å²) in [5.74, 6) is 0.506. The SMILES string of the molecule is CCNc1ccccc1S(=O)(=O)NC(C)C1CC1. The van der Waals surface area contributed by atoms with Crippen LogP contribution in [0.15, 0.2) is 29.2 Å². The maximum atomic E-state index is 12.3. The highest BCUT2D eigenvalue weighted by Crippen LogP contribution is 2.33. The molecule has 0 amide bonds. The lowest BCUT2D eigenvalue weighted by atomic mass is 10.2. The summed E-state index contributed by atoms with van der Waals surface area (Å²) in [5, 5.41) is 3.08. The van der Waals surface area contributed by atoms with E-state index in [1.54, 1.807) is 18.2 Å². The van der Waals surface area contributed by atoms with Gasteiger partial charge in [-0.1, -0.05) is 12.1 Å². The summed E-state index contributed by atoms with van der Waals surface area (Å²) in [6, 6.07) is 7.03. The number of benzene rings is 1. The number of anilines is 1. The van der Waals surface area contributed by atoms with E-state index in [0.29, 0.717) is 23.0 Å². The second-order valence-corrected chi connectivity index (χ2v) is 6.46. The molecule has 0 heterocycles. The van der Waals surface area contributed by atoms with E-state index in [1.807, 2.05) is 19.9 Å². The molecular weight excluding hydrogens is 248 g/mol. The van der Waals surface area contributed by atoms with E-state index >= 15 is 0 Å². The van der Waals surface area contributed by atoms with Crippen molar-refractivity contribution in [3.63, 3.8) is 0 Å². The maximum Gasteiger partial charge on any atom is 0.242 e. The Morgan fingerprint density at radius 1 is 1.33 bits per heavy atom. The van der Waals surface area contributed by atoms with Gasteiger partial charge < -0.3 is 5.32 Å². The van der Waals surface area contributed by atoms with Crippen molar-refractivity contribution in [2.24, 2.45) is 5.92 Å². The highest BCUT2D eigenvalue weighted by atomic mass is 32.2. The van der Waals surface area contributed by atoms with Crippen molar-refractivity contribution in [1.82, 2.24) is 4.72 Å². The van der Waals surface area contributed by atoms with Crippen molar-refractivity contribution in [2.75, 3.05) is 11.9 Å². The van der Waals surface area contributed by atoms with Crippen LogP contribution in [0.2, 0.25) is 0 Å². The molecule has 4 nitrogen and oxygen atoms in total. The van der Waals surface area contributed by atoms with Crippen LogP contribution in [-0.4, -0.2) is 21.0 Å². The van der Waals surface area contributed by atoms with E-state index < -0.39 is 10.0 Å². The molecule has 100 valence electrons. The van der Waals surface area contributed by atoms with Crippen molar-refractivity contribution < 1.29 is 8.42 Å². The Kier molecular flexibility index (Phi) is 3.92. The van der Waals surface area contributed by atoms with Crippen molar-refractivity contribution >= 4 is 15.7 Å². The van der Waals surface area contributed by atoms with Crippen LogP contribution < -0.4 is 10.0 Å². The van der Waals surface area contributed by atoms with Crippen LogP contribution in [0, 0.1) is 5.92 Å². The molecule has 18 heavy (non-hydrogen) atoms. The molecule has 1 saturated carbocycles. The van der Waals surface area contributed by atoms with E-state index in [-0.39, 0.29) is 6.04 Å². The first kappa shape index (κ1) is 13.4. The largest absolute Gasteiger partial charge is 0.384 e. The van der Waals surface area contributed by atoms with Crippen molar-refractivity contribution in [1.29, 1.82) is 0 Å². The third-order valence-corrected chi connectivity index (χ3v) is 4.83. The molecular formula is C13H20N2O2S. The van der Waals surface area contributed by atoms with Crippen LogP contribution in [0.4, 0.5) is 5.69 Å². The highest BCUT2D eigenvalue weighted by Gasteiger charge is 2.31. The Morgan fingerprint density at radius 2 is 2.00 bits per heavy atom. The van der Waals surface area contributed by atoms with Gasteiger partial charge >= 0.3 is 0 Å². The van der Waals surface area contributed by atoms with E-state index in [2.05, 4.69) is 10.0 Å². The molecule has 1 aromatic rings. The smallest absolute Gasteiger partial charge is 0.242 e. The minimum Gasteiger partial charge on any atom is -0.384 e. The average Bonchev–Trinajstić information content (AvgIpc) is 3.13. The number of nitrogens with one attached hydrogen (secondary N) is 2. The van der Waals surface area contributed by atoms with Gasteiger partial charge in [0.2, 0.25) is 10.0 Å². The predicted molar refractivity (Wildman–Crippen MR) is 73.1 cm³/mol. The molecule has 2 rings (SSSR count). The van der Waals surface area contributed by atoms with Gasteiger partial charge in [-0.05, 0) is 44.7 Å². The first-order valence-electron chi connectivity index (χ1n) is 6.40. The van der Waals surface area contributed by atoms with Crippen LogP contribution in [0.5, 0.6) is 0 Å². The number of hydrogen-bond acceptors (Lipinski definition) is 3.